The fourth-order valence-electron chi connectivity index (χ4n) is 13.7. The van der Waals surface area contributed by atoms with Gasteiger partial charge in [0.2, 0.25) is 10.4 Å². The summed E-state index contributed by atoms with van der Waals surface area (Å²) in [6.07, 6.45) is -10.0. The Morgan fingerprint density at radius 3 is 2.15 bits per heavy atom. The van der Waals surface area contributed by atoms with Crippen LogP contribution < -0.4 is 29.6 Å². The zero-order chi connectivity index (χ0) is 43.3. The zero-order valence-corrected chi connectivity index (χ0v) is 38.9. The molecule has 4 heterocycles. The van der Waals surface area contributed by atoms with E-state index in [1.807, 2.05) is 26.8 Å². The Hall–Kier alpha value is -0.360. The van der Waals surface area contributed by atoms with Gasteiger partial charge in [-0.2, -0.15) is 0 Å². The summed E-state index contributed by atoms with van der Waals surface area (Å²) in [6, 6.07) is 0. The molecule has 0 radical (unpaired) electrons. The predicted octanol–water partition coefficient (Wildman–Crippen LogP) is -1.90. The van der Waals surface area contributed by atoms with Gasteiger partial charge >= 0.3 is 35.5 Å². The molecule has 6 N–H and O–H groups in total. The molecule has 336 valence electrons. The van der Waals surface area contributed by atoms with Crippen LogP contribution in [0.1, 0.15) is 107 Å². The average Bonchev–Trinajstić information content (AvgIpc) is 3.70. The Balaban J connectivity index is 0.00000544. The molecule has 0 aromatic carbocycles. The van der Waals surface area contributed by atoms with Gasteiger partial charge in [0.05, 0.1) is 30.5 Å². The minimum atomic E-state index is -5.29. The third kappa shape index (κ3) is 6.66. The quantitative estimate of drug-likeness (QED) is 0.0407. The minimum Gasteiger partial charge on any atom is -0.726 e. The molecule has 8 rings (SSSR count). The van der Waals surface area contributed by atoms with Gasteiger partial charge < -0.3 is 63.6 Å². The molecule has 0 amide bonds. The van der Waals surface area contributed by atoms with Crippen LogP contribution in [-0.2, 0) is 47.8 Å². The monoisotopic (exact) mass is 882 g/mol. The second-order valence-electron chi connectivity index (χ2n) is 20.7. The molecule has 0 aromatic heterocycles. The van der Waals surface area contributed by atoms with E-state index in [-0.39, 0.29) is 47.8 Å². The van der Waals surface area contributed by atoms with Gasteiger partial charge in [0.1, 0.15) is 53.7 Å². The summed E-state index contributed by atoms with van der Waals surface area (Å²) >= 11 is 0. The molecule has 4 unspecified atom stereocenters. The van der Waals surface area contributed by atoms with Gasteiger partial charge in [-0.25, -0.2) is 8.42 Å². The van der Waals surface area contributed by atoms with Crippen molar-refractivity contribution >= 4 is 16.4 Å². The summed E-state index contributed by atoms with van der Waals surface area (Å²) in [5, 5.41) is 68.1. The Kier molecular flexibility index (Phi) is 12.2. The Labute approximate surface area is 374 Å². The van der Waals surface area contributed by atoms with Gasteiger partial charge in [-0.05, 0) is 107 Å². The van der Waals surface area contributed by atoms with Gasteiger partial charge in [-0.3, -0.25) is 8.98 Å². The predicted molar refractivity (Wildman–Crippen MR) is 201 cm³/mol. The second-order valence-corrected chi connectivity index (χ2v) is 21.7. The summed E-state index contributed by atoms with van der Waals surface area (Å²) in [7, 11) is -5.29. The van der Waals surface area contributed by atoms with Crippen LogP contribution >= 0.6 is 0 Å². The number of aliphatic hydroxyl groups excluding tert-OH is 5. The number of cyclic esters (lactones) is 1. The van der Waals surface area contributed by atoms with Crippen LogP contribution in [0, 0.1) is 33.5 Å². The van der Waals surface area contributed by atoms with Crippen LogP contribution in [0.3, 0.4) is 0 Å². The molecule has 17 nitrogen and oxygen atoms in total. The van der Waals surface area contributed by atoms with E-state index in [0.717, 1.165) is 12.0 Å². The van der Waals surface area contributed by atoms with E-state index in [2.05, 4.69) is 25.0 Å². The van der Waals surface area contributed by atoms with Gasteiger partial charge in [0.25, 0.3) is 0 Å². The number of carbonyl (C=O) groups excluding carboxylic acids is 1. The molecule has 4 saturated heterocycles. The van der Waals surface area contributed by atoms with Crippen LogP contribution in [0.25, 0.3) is 0 Å². The van der Waals surface area contributed by atoms with Gasteiger partial charge in [-0.15, -0.1) is 0 Å². The van der Waals surface area contributed by atoms with Crippen molar-refractivity contribution in [2.45, 2.75) is 197 Å². The van der Waals surface area contributed by atoms with E-state index < -0.39 is 135 Å². The van der Waals surface area contributed by atoms with Crippen molar-refractivity contribution in [1.82, 2.24) is 0 Å². The smallest absolute Gasteiger partial charge is 0.726 e. The summed E-state index contributed by atoms with van der Waals surface area (Å²) < 4.78 is 76.1. The average molecular weight is 883 g/mol. The van der Waals surface area contributed by atoms with E-state index in [4.69, 9.17) is 28.4 Å². The number of carbonyl (C=O) groups is 1. The summed E-state index contributed by atoms with van der Waals surface area (Å²) in [6.45, 7) is 15.0. The van der Waals surface area contributed by atoms with Crippen LogP contribution in [0.2, 0.25) is 0 Å². The maximum atomic E-state index is 14.5. The third-order valence-corrected chi connectivity index (χ3v) is 17.4. The molecule has 19 heteroatoms. The topological polar surface area (TPSA) is 260 Å². The second kappa shape index (κ2) is 15.4. The van der Waals surface area contributed by atoms with E-state index in [1.54, 1.807) is 6.92 Å². The molecule has 7 fully saturated rings. The van der Waals surface area contributed by atoms with Crippen molar-refractivity contribution in [3.8, 4) is 0 Å². The Bertz CT molecular complexity index is 1830. The zero-order valence-electron chi connectivity index (χ0n) is 36.1. The van der Waals surface area contributed by atoms with Crippen LogP contribution in [-0.4, -0.2) is 147 Å². The van der Waals surface area contributed by atoms with Gasteiger partial charge in [0, 0.05) is 0 Å². The van der Waals surface area contributed by atoms with Crippen molar-refractivity contribution < 1.29 is 111 Å². The minimum absolute atomic E-state index is 0. The Morgan fingerprint density at radius 1 is 0.833 bits per heavy atom. The van der Waals surface area contributed by atoms with E-state index in [1.165, 1.54) is 6.92 Å². The standard InChI is InChI=1S/C41H64O17S.Na/c1-19-27(43)29(45)30(46)32(53-19)55-31-28(44)22(58-59(49,50)51)18-52-33(31)54-25-12-14-37(6)21-17-24(42)41-34(47)57-39(8,26-11-13-35(2,3)56-26)40(41,48)16-15-38(41,7)20(21)9-10-23(37)36(25,4)5;/h17,19-20,22-33,42-46,48H,9-16,18H2,1-8H3,(H,49,50,51);/q;+1/p-1/t19-,20?,22-,23?,24-,25+,26+,27-,28+,29+,30-,31-,32+,33+,37-,38?,39-,40+,41?;/m1./s1. The normalized spacial score (nSPS) is 53.2. The van der Waals surface area contributed by atoms with Crippen molar-refractivity contribution in [3.05, 3.63) is 11.6 Å². The molecule has 3 saturated carbocycles. The van der Waals surface area contributed by atoms with Gasteiger partial charge in [-0.1, -0.05) is 39.3 Å². The maximum absolute atomic E-state index is 14.5. The van der Waals surface area contributed by atoms with Crippen molar-refractivity contribution in [3.63, 3.8) is 0 Å². The van der Waals surface area contributed by atoms with E-state index >= 15 is 0 Å². The fraction of sp³-hybridized carbons (Fsp3) is 0.927. The molecule has 19 atom stereocenters. The number of aliphatic hydroxyl groups is 6. The SMILES string of the molecule is C[C@H]1O[C@@H](O[C@H]2[C@H](O[C@H]3CC[C@]4(C)C5=C[C@@H](O)C67C(=O)O[C@](C)([C@@H]8CCC(C)(C)O8)[C@@]6(O)CCC7(C)C5CCC4C3(C)C)OC[C@@H](OS(=O)(=O)[O-])[C@@H]2O)[C@H](O)[C@@H](O)[C@@H]1O.[Na+]. The molecule has 0 aromatic rings. The first-order valence-corrected chi connectivity index (χ1v) is 22.5. The molecule has 4 aliphatic heterocycles. The fourth-order valence-corrected chi connectivity index (χ4v) is 14.2. The number of rotatable bonds is 7. The molecule has 1 spiro atoms. The summed E-state index contributed by atoms with van der Waals surface area (Å²) in [5.74, 6) is -0.763. The van der Waals surface area contributed by atoms with Crippen molar-refractivity contribution in [2.75, 3.05) is 6.61 Å². The summed E-state index contributed by atoms with van der Waals surface area (Å²) in [5.41, 5.74) is -5.93. The maximum Gasteiger partial charge on any atom is 1.00 e. The number of allylic oxidation sites excluding steroid dienone is 1. The number of ether oxygens (including phenoxy) is 6. The number of esters is 1. The molecule has 4 aliphatic carbocycles. The summed E-state index contributed by atoms with van der Waals surface area (Å²) in [4.78, 5) is 14.5. The largest absolute Gasteiger partial charge is 1.00 e. The molecule has 0 bridgehead atoms. The van der Waals surface area contributed by atoms with Gasteiger partial charge in [0.15, 0.2) is 18.2 Å². The molecular formula is C41H63NaO17S. The van der Waals surface area contributed by atoms with E-state index in [0.29, 0.717) is 38.5 Å². The third-order valence-electron chi connectivity index (χ3n) is 16.9. The first-order chi connectivity index (χ1) is 27.2. The number of fused-ring (bicyclic) bond motifs is 4. The van der Waals surface area contributed by atoms with Crippen LogP contribution in [0.4, 0.5) is 0 Å². The first-order valence-electron chi connectivity index (χ1n) is 21.2. The molecular weight excluding hydrogens is 819 g/mol. The first kappa shape index (κ1) is 47.6. The van der Waals surface area contributed by atoms with Crippen molar-refractivity contribution in [2.24, 2.45) is 33.5 Å². The van der Waals surface area contributed by atoms with Crippen molar-refractivity contribution in [1.29, 1.82) is 0 Å². The number of hydrogen-bond acceptors (Lipinski definition) is 17. The Morgan fingerprint density at radius 2 is 1.52 bits per heavy atom. The molecule has 60 heavy (non-hydrogen) atoms. The molecule has 8 aliphatic rings. The number of hydrogen-bond donors (Lipinski definition) is 6. The van der Waals surface area contributed by atoms with Crippen LogP contribution in [0.15, 0.2) is 11.6 Å². The van der Waals surface area contributed by atoms with Crippen LogP contribution in [0.5, 0.6) is 0 Å². The van der Waals surface area contributed by atoms with E-state index in [9.17, 15) is 48.4 Å².